The highest BCUT2D eigenvalue weighted by atomic mass is 16.7. The summed E-state index contributed by atoms with van der Waals surface area (Å²) < 4.78 is 12.5. The minimum atomic E-state index is -0.288. The third-order valence-corrected chi connectivity index (χ3v) is 4.60. The third kappa shape index (κ3) is 2.80. The molecule has 2 heteroatoms. The molecule has 1 aliphatic heterocycles. The number of hydrogen-bond donors (Lipinski definition) is 0. The fraction of sp³-hybridized carbons (Fsp3) is 0.875. The van der Waals surface area contributed by atoms with Gasteiger partial charge in [0.15, 0.2) is 5.79 Å². The van der Waals surface area contributed by atoms with E-state index in [4.69, 9.17) is 9.47 Å². The second kappa shape index (κ2) is 5.75. The largest absolute Gasteiger partial charge is 0.349 e. The van der Waals surface area contributed by atoms with Crippen molar-refractivity contribution in [3.05, 3.63) is 12.7 Å². The van der Waals surface area contributed by atoms with Gasteiger partial charge in [0.1, 0.15) is 0 Å². The maximum absolute atomic E-state index is 6.25. The summed E-state index contributed by atoms with van der Waals surface area (Å²) in [5.74, 6) is 2.12. The van der Waals surface area contributed by atoms with E-state index in [1.54, 1.807) is 0 Å². The van der Waals surface area contributed by atoms with E-state index in [1.807, 2.05) is 6.08 Å². The van der Waals surface area contributed by atoms with Gasteiger partial charge in [-0.15, -0.1) is 6.58 Å². The minimum Gasteiger partial charge on any atom is -0.349 e. The van der Waals surface area contributed by atoms with E-state index in [2.05, 4.69) is 27.4 Å². The number of allylic oxidation sites excluding steroid dienone is 1. The SMILES string of the molecule is C=CCC1COC2(CC(C)CCC2C(C)C)OC1. The summed E-state index contributed by atoms with van der Waals surface area (Å²) in [6.07, 6.45) is 6.59. The summed E-state index contributed by atoms with van der Waals surface area (Å²) in [6, 6.07) is 0. The van der Waals surface area contributed by atoms with E-state index in [9.17, 15) is 0 Å². The summed E-state index contributed by atoms with van der Waals surface area (Å²) in [6.45, 7) is 12.4. The molecule has 0 amide bonds. The molecule has 1 heterocycles. The first-order valence-electron chi connectivity index (χ1n) is 7.46. The zero-order chi connectivity index (χ0) is 13.2. The van der Waals surface area contributed by atoms with Crippen molar-refractivity contribution in [2.75, 3.05) is 13.2 Å². The van der Waals surface area contributed by atoms with Crippen LogP contribution in [0.15, 0.2) is 12.7 Å². The number of hydrogen-bond acceptors (Lipinski definition) is 2. The fourth-order valence-corrected chi connectivity index (χ4v) is 3.58. The highest BCUT2D eigenvalue weighted by Crippen LogP contribution is 2.46. The second-order valence-corrected chi connectivity index (χ2v) is 6.56. The van der Waals surface area contributed by atoms with Gasteiger partial charge in [-0.05, 0) is 24.7 Å². The zero-order valence-corrected chi connectivity index (χ0v) is 12.2. The Kier molecular flexibility index (Phi) is 4.50. The van der Waals surface area contributed by atoms with Crippen LogP contribution in [-0.4, -0.2) is 19.0 Å². The van der Waals surface area contributed by atoms with E-state index in [-0.39, 0.29) is 5.79 Å². The molecule has 0 bridgehead atoms. The van der Waals surface area contributed by atoms with Gasteiger partial charge in [0.2, 0.25) is 0 Å². The summed E-state index contributed by atoms with van der Waals surface area (Å²) in [5, 5.41) is 0. The van der Waals surface area contributed by atoms with Crippen LogP contribution >= 0.6 is 0 Å². The van der Waals surface area contributed by atoms with E-state index < -0.39 is 0 Å². The molecule has 2 fully saturated rings. The zero-order valence-electron chi connectivity index (χ0n) is 12.2. The molecule has 18 heavy (non-hydrogen) atoms. The van der Waals surface area contributed by atoms with Crippen LogP contribution in [0.5, 0.6) is 0 Å². The topological polar surface area (TPSA) is 18.5 Å². The van der Waals surface area contributed by atoms with Crippen molar-refractivity contribution >= 4 is 0 Å². The lowest BCUT2D eigenvalue weighted by Gasteiger charge is -2.50. The van der Waals surface area contributed by atoms with Crippen molar-refractivity contribution in [3.63, 3.8) is 0 Å². The summed E-state index contributed by atoms with van der Waals surface area (Å²) >= 11 is 0. The molecular weight excluding hydrogens is 224 g/mol. The number of rotatable bonds is 3. The fourth-order valence-electron chi connectivity index (χ4n) is 3.58. The van der Waals surface area contributed by atoms with Gasteiger partial charge < -0.3 is 9.47 Å². The van der Waals surface area contributed by atoms with Crippen molar-refractivity contribution in [1.29, 1.82) is 0 Å². The van der Waals surface area contributed by atoms with Crippen LogP contribution in [0.3, 0.4) is 0 Å². The molecule has 1 spiro atoms. The van der Waals surface area contributed by atoms with Gasteiger partial charge in [-0.1, -0.05) is 33.3 Å². The quantitative estimate of drug-likeness (QED) is 0.706. The minimum absolute atomic E-state index is 0.288. The Balaban J connectivity index is 2.05. The van der Waals surface area contributed by atoms with Crippen LogP contribution in [0.2, 0.25) is 0 Å². The first kappa shape index (κ1) is 14.1. The molecule has 0 aromatic rings. The monoisotopic (exact) mass is 252 g/mol. The molecule has 2 nitrogen and oxygen atoms in total. The summed E-state index contributed by atoms with van der Waals surface area (Å²) in [5.41, 5.74) is 0. The van der Waals surface area contributed by atoms with E-state index in [0.29, 0.717) is 17.8 Å². The first-order valence-corrected chi connectivity index (χ1v) is 7.46. The molecule has 2 unspecified atom stereocenters. The van der Waals surface area contributed by atoms with Gasteiger partial charge in [-0.25, -0.2) is 0 Å². The summed E-state index contributed by atoms with van der Waals surface area (Å²) in [7, 11) is 0. The Morgan fingerprint density at radius 1 is 1.28 bits per heavy atom. The molecular formula is C16H28O2. The van der Waals surface area contributed by atoms with Crippen molar-refractivity contribution < 1.29 is 9.47 Å². The van der Waals surface area contributed by atoms with Crippen LogP contribution in [-0.2, 0) is 9.47 Å². The van der Waals surface area contributed by atoms with Gasteiger partial charge in [0, 0.05) is 18.3 Å². The molecule has 2 aliphatic rings. The van der Waals surface area contributed by atoms with E-state index >= 15 is 0 Å². The van der Waals surface area contributed by atoms with Crippen LogP contribution in [0.25, 0.3) is 0 Å². The standard InChI is InChI=1S/C16H28O2/c1-5-6-14-10-17-16(18-11-14)9-13(4)7-8-15(16)12(2)3/h5,12-15H,1,6-11H2,2-4H3. The van der Waals surface area contributed by atoms with Crippen molar-refractivity contribution in [2.45, 2.75) is 52.2 Å². The molecule has 1 saturated heterocycles. The van der Waals surface area contributed by atoms with Crippen LogP contribution in [0, 0.1) is 23.7 Å². The normalized spacial score (nSPS) is 41.2. The van der Waals surface area contributed by atoms with Crippen molar-refractivity contribution in [1.82, 2.24) is 0 Å². The molecule has 2 atom stereocenters. The molecule has 0 radical (unpaired) electrons. The highest BCUT2D eigenvalue weighted by Gasteiger charge is 2.48. The Bertz CT molecular complexity index is 277. The average Bonchev–Trinajstić information content (AvgIpc) is 2.32. The molecule has 1 aliphatic carbocycles. The molecule has 0 aromatic carbocycles. The first-order chi connectivity index (χ1) is 8.57. The maximum atomic E-state index is 6.25. The Morgan fingerprint density at radius 3 is 2.50 bits per heavy atom. The van der Waals surface area contributed by atoms with Gasteiger partial charge in [0.05, 0.1) is 13.2 Å². The predicted molar refractivity (Wildman–Crippen MR) is 74.3 cm³/mol. The van der Waals surface area contributed by atoms with Crippen molar-refractivity contribution in [3.8, 4) is 0 Å². The molecule has 104 valence electrons. The second-order valence-electron chi connectivity index (χ2n) is 6.56. The smallest absolute Gasteiger partial charge is 0.171 e. The Labute approximate surface area is 112 Å². The average molecular weight is 252 g/mol. The lowest BCUT2D eigenvalue weighted by atomic mass is 9.72. The summed E-state index contributed by atoms with van der Waals surface area (Å²) in [4.78, 5) is 0. The van der Waals surface area contributed by atoms with Crippen LogP contribution < -0.4 is 0 Å². The molecule has 1 saturated carbocycles. The maximum Gasteiger partial charge on any atom is 0.171 e. The van der Waals surface area contributed by atoms with Gasteiger partial charge in [-0.3, -0.25) is 0 Å². The van der Waals surface area contributed by atoms with E-state index in [1.165, 1.54) is 12.8 Å². The lowest BCUT2D eigenvalue weighted by Crippen LogP contribution is -2.54. The molecule has 0 aromatic heterocycles. The third-order valence-electron chi connectivity index (χ3n) is 4.60. The van der Waals surface area contributed by atoms with Crippen LogP contribution in [0.4, 0.5) is 0 Å². The number of ether oxygens (including phenoxy) is 2. The predicted octanol–water partition coefficient (Wildman–Crippen LogP) is 4.01. The van der Waals surface area contributed by atoms with Gasteiger partial charge in [-0.2, -0.15) is 0 Å². The van der Waals surface area contributed by atoms with Crippen LogP contribution in [0.1, 0.15) is 46.5 Å². The highest BCUT2D eigenvalue weighted by molar-refractivity contribution is 4.91. The van der Waals surface area contributed by atoms with E-state index in [0.717, 1.165) is 32.0 Å². The Morgan fingerprint density at radius 2 is 1.94 bits per heavy atom. The Hall–Kier alpha value is -0.340. The van der Waals surface area contributed by atoms with Gasteiger partial charge >= 0.3 is 0 Å². The van der Waals surface area contributed by atoms with Gasteiger partial charge in [0.25, 0.3) is 0 Å². The lowest BCUT2D eigenvalue weighted by molar-refractivity contribution is -0.329. The molecule has 0 N–H and O–H groups in total. The van der Waals surface area contributed by atoms with Crippen molar-refractivity contribution in [2.24, 2.45) is 23.7 Å². The molecule has 2 rings (SSSR count).